The van der Waals surface area contributed by atoms with E-state index in [1.165, 1.54) is 16.2 Å². The number of aliphatic hydroxyl groups is 1. The highest BCUT2D eigenvalue weighted by molar-refractivity contribution is 7.22. The smallest absolute Gasteiger partial charge is 0.301 e. The number of amides is 1. The Morgan fingerprint density at radius 2 is 1.75 bits per heavy atom. The molecule has 1 aliphatic heterocycles. The fourth-order valence-corrected chi connectivity index (χ4v) is 5.29. The first-order valence-electron chi connectivity index (χ1n) is 11.2. The molecule has 4 aromatic rings. The molecule has 36 heavy (non-hydrogen) atoms. The summed E-state index contributed by atoms with van der Waals surface area (Å²) >= 11 is 7.37. The van der Waals surface area contributed by atoms with Crippen LogP contribution in [0, 0.1) is 0 Å². The summed E-state index contributed by atoms with van der Waals surface area (Å²) in [5.41, 5.74) is 1.65. The van der Waals surface area contributed by atoms with Crippen molar-refractivity contribution in [1.82, 2.24) is 4.98 Å². The molecule has 1 fully saturated rings. The maximum atomic E-state index is 13.4. The van der Waals surface area contributed by atoms with Crippen LogP contribution in [0.1, 0.15) is 24.1 Å². The standard InChI is InChI=1S/C27H21ClN2O5S/c1-3-35-18-10-6-16(7-11-18)24(31)22-23(15-4-8-17(28)9-5-15)30(26(33)25(22)32)27-29-20-13-12-19(34-2)14-21(20)36-27/h4-14,23,31H,3H2,1-2H3. The van der Waals surface area contributed by atoms with Crippen LogP contribution in [0.5, 0.6) is 11.5 Å². The van der Waals surface area contributed by atoms with Gasteiger partial charge in [0, 0.05) is 10.6 Å². The summed E-state index contributed by atoms with van der Waals surface area (Å²) in [6.07, 6.45) is 0. The van der Waals surface area contributed by atoms with E-state index in [-0.39, 0.29) is 11.3 Å². The van der Waals surface area contributed by atoms with Crippen molar-refractivity contribution in [1.29, 1.82) is 0 Å². The molecule has 0 radical (unpaired) electrons. The average molecular weight is 521 g/mol. The van der Waals surface area contributed by atoms with Crippen molar-refractivity contribution in [2.24, 2.45) is 0 Å². The van der Waals surface area contributed by atoms with Crippen molar-refractivity contribution < 1.29 is 24.2 Å². The number of fused-ring (bicyclic) bond motifs is 1. The number of carbonyl (C=O) groups excluding carboxylic acids is 2. The molecule has 9 heteroatoms. The average Bonchev–Trinajstić information content (AvgIpc) is 3.42. The van der Waals surface area contributed by atoms with Crippen LogP contribution in [-0.4, -0.2) is 35.5 Å². The molecule has 0 spiro atoms. The zero-order valence-corrected chi connectivity index (χ0v) is 21.0. The van der Waals surface area contributed by atoms with Gasteiger partial charge in [0.1, 0.15) is 17.3 Å². The molecule has 0 aliphatic carbocycles. The van der Waals surface area contributed by atoms with Crippen molar-refractivity contribution in [2.45, 2.75) is 13.0 Å². The van der Waals surface area contributed by atoms with E-state index in [0.717, 1.165) is 4.70 Å². The Bertz CT molecular complexity index is 1500. The lowest BCUT2D eigenvalue weighted by Gasteiger charge is -2.23. The molecular formula is C27H21ClN2O5S. The molecule has 1 atom stereocenters. The van der Waals surface area contributed by atoms with Gasteiger partial charge in [-0.05, 0) is 67.1 Å². The van der Waals surface area contributed by atoms with Crippen molar-refractivity contribution >= 4 is 55.7 Å². The van der Waals surface area contributed by atoms with Crippen LogP contribution in [0.25, 0.3) is 16.0 Å². The van der Waals surface area contributed by atoms with Crippen LogP contribution in [0.4, 0.5) is 5.13 Å². The number of hydrogen-bond donors (Lipinski definition) is 1. The van der Waals surface area contributed by atoms with Gasteiger partial charge in [0.25, 0.3) is 5.78 Å². The predicted octanol–water partition coefficient (Wildman–Crippen LogP) is 5.98. The number of thiazole rings is 1. The van der Waals surface area contributed by atoms with Gasteiger partial charge in [-0.2, -0.15) is 0 Å². The van der Waals surface area contributed by atoms with Gasteiger partial charge in [0.05, 0.1) is 35.5 Å². The summed E-state index contributed by atoms with van der Waals surface area (Å²) in [4.78, 5) is 32.7. The normalized spacial score (nSPS) is 17.1. The van der Waals surface area contributed by atoms with E-state index in [1.54, 1.807) is 67.8 Å². The summed E-state index contributed by atoms with van der Waals surface area (Å²) in [5, 5.41) is 12.1. The number of rotatable bonds is 6. The molecular weight excluding hydrogens is 500 g/mol. The Kier molecular flexibility index (Phi) is 6.38. The molecule has 2 heterocycles. The number of carbonyl (C=O) groups is 2. The van der Waals surface area contributed by atoms with Crippen molar-refractivity contribution in [3.8, 4) is 11.5 Å². The molecule has 1 saturated heterocycles. The summed E-state index contributed by atoms with van der Waals surface area (Å²) in [6, 6.07) is 18.0. The molecule has 1 N–H and O–H groups in total. The highest BCUT2D eigenvalue weighted by atomic mass is 35.5. The topological polar surface area (TPSA) is 89.0 Å². The number of hydrogen-bond acceptors (Lipinski definition) is 7. The number of Topliss-reactive ketones (excluding diaryl/α,β-unsaturated/α-hetero) is 1. The molecule has 7 nitrogen and oxygen atoms in total. The van der Waals surface area contributed by atoms with E-state index in [4.69, 9.17) is 21.1 Å². The monoisotopic (exact) mass is 520 g/mol. The quantitative estimate of drug-likeness (QED) is 0.191. The molecule has 1 aromatic heterocycles. The van der Waals surface area contributed by atoms with Crippen LogP contribution >= 0.6 is 22.9 Å². The first-order chi connectivity index (χ1) is 17.4. The Morgan fingerprint density at radius 1 is 1.06 bits per heavy atom. The number of anilines is 1. The molecule has 0 bridgehead atoms. The molecule has 1 unspecified atom stereocenters. The maximum absolute atomic E-state index is 13.4. The lowest BCUT2D eigenvalue weighted by atomic mass is 9.95. The van der Waals surface area contributed by atoms with Gasteiger partial charge in [-0.25, -0.2) is 4.98 Å². The number of aromatic nitrogens is 1. The van der Waals surface area contributed by atoms with E-state index in [9.17, 15) is 14.7 Å². The predicted molar refractivity (Wildman–Crippen MR) is 140 cm³/mol. The van der Waals surface area contributed by atoms with E-state index < -0.39 is 17.7 Å². The number of halogens is 1. The van der Waals surface area contributed by atoms with Crippen LogP contribution < -0.4 is 14.4 Å². The fraction of sp³-hybridized carbons (Fsp3) is 0.148. The summed E-state index contributed by atoms with van der Waals surface area (Å²) in [5.74, 6) is -0.550. The van der Waals surface area contributed by atoms with E-state index in [1.807, 2.05) is 13.0 Å². The second-order valence-corrected chi connectivity index (χ2v) is 9.45. The molecule has 3 aromatic carbocycles. The van der Waals surface area contributed by atoms with E-state index in [2.05, 4.69) is 4.98 Å². The number of ether oxygens (including phenoxy) is 2. The molecule has 5 rings (SSSR count). The summed E-state index contributed by atoms with van der Waals surface area (Å²) in [7, 11) is 1.57. The number of ketones is 1. The molecule has 0 saturated carbocycles. The molecule has 1 amide bonds. The van der Waals surface area contributed by atoms with Crippen molar-refractivity contribution in [2.75, 3.05) is 18.6 Å². The van der Waals surface area contributed by atoms with Gasteiger partial charge in [-0.3, -0.25) is 14.5 Å². The van der Waals surface area contributed by atoms with Crippen LogP contribution in [0.15, 0.2) is 72.3 Å². The Labute approximate surface area is 216 Å². The van der Waals surface area contributed by atoms with E-state index >= 15 is 0 Å². The molecule has 1 aliphatic rings. The number of benzene rings is 3. The Morgan fingerprint density at radius 3 is 2.42 bits per heavy atom. The van der Waals surface area contributed by atoms with Gasteiger partial charge >= 0.3 is 5.91 Å². The third kappa shape index (κ3) is 4.19. The second kappa shape index (κ2) is 9.64. The largest absolute Gasteiger partial charge is 0.507 e. The lowest BCUT2D eigenvalue weighted by Crippen LogP contribution is -2.29. The zero-order chi connectivity index (χ0) is 25.4. The summed E-state index contributed by atoms with van der Waals surface area (Å²) in [6.45, 7) is 2.38. The van der Waals surface area contributed by atoms with Crippen molar-refractivity contribution in [3.63, 3.8) is 0 Å². The summed E-state index contributed by atoms with van der Waals surface area (Å²) < 4.78 is 11.6. The van der Waals surface area contributed by atoms with E-state index in [0.29, 0.717) is 44.9 Å². The minimum atomic E-state index is -0.892. The maximum Gasteiger partial charge on any atom is 0.301 e. The first-order valence-corrected chi connectivity index (χ1v) is 12.3. The Balaban J connectivity index is 1.67. The SMILES string of the molecule is CCOc1ccc(C(O)=C2C(=O)C(=O)N(c3nc4ccc(OC)cc4s3)C2c2ccc(Cl)cc2)cc1. The minimum Gasteiger partial charge on any atom is -0.507 e. The fourth-order valence-electron chi connectivity index (χ4n) is 4.14. The number of aliphatic hydroxyl groups excluding tert-OH is 1. The van der Waals surface area contributed by atoms with Crippen molar-refractivity contribution in [3.05, 3.63) is 88.5 Å². The minimum absolute atomic E-state index is 0.0247. The van der Waals surface area contributed by atoms with Crippen LogP contribution in [0.2, 0.25) is 5.02 Å². The number of nitrogens with zero attached hydrogens (tertiary/aromatic N) is 2. The first kappa shape index (κ1) is 23.8. The third-order valence-electron chi connectivity index (χ3n) is 5.86. The van der Waals surface area contributed by atoms with Gasteiger partial charge < -0.3 is 14.6 Å². The van der Waals surface area contributed by atoms with Crippen LogP contribution in [0.3, 0.4) is 0 Å². The highest BCUT2D eigenvalue weighted by Gasteiger charge is 2.48. The molecule has 182 valence electrons. The van der Waals surface area contributed by atoms with Gasteiger partial charge in [0.2, 0.25) is 0 Å². The lowest BCUT2D eigenvalue weighted by molar-refractivity contribution is -0.132. The van der Waals surface area contributed by atoms with Gasteiger partial charge in [-0.1, -0.05) is 35.1 Å². The number of methoxy groups -OCH3 is 1. The zero-order valence-electron chi connectivity index (χ0n) is 19.4. The van der Waals surface area contributed by atoms with Gasteiger partial charge in [0.15, 0.2) is 5.13 Å². The third-order valence-corrected chi connectivity index (χ3v) is 7.13. The van der Waals surface area contributed by atoms with Crippen LogP contribution in [-0.2, 0) is 9.59 Å². The Hall–Kier alpha value is -3.88. The second-order valence-electron chi connectivity index (χ2n) is 8.01. The highest BCUT2D eigenvalue weighted by Crippen LogP contribution is 2.44. The van der Waals surface area contributed by atoms with Gasteiger partial charge in [-0.15, -0.1) is 0 Å².